The molecular formula is C41H27N5S. The molecule has 1 aliphatic rings. The third-order valence-electron chi connectivity index (χ3n) is 8.44. The van der Waals surface area contributed by atoms with Gasteiger partial charge in [0.25, 0.3) is 0 Å². The van der Waals surface area contributed by atoms with Crippen molar-refractivity contribution < 1.29 is 0 Å². The number of rotatable bonds is 5. The highest BCUT2D eigenvalue weighted by Crippen LogP contribution is 2.38. The minimum absolute atomic E-state index is 0.335. The fourth-order valence-corrected chi connectivity index (χ4v) is 6.29. The molecule has 8 rings (SSSR count). The summed E-state index contributed by atoms with van der Waals surface area (Å²) in [5.41, 5.74) is 12.0. The predicted octanol–water partition coefficient (Wildman–Crippen LogP) is 10.0. The first kappa shape index (κ1) is 28.5. The van der Waals surface area contributed by atoms with Crippen LogP contribution in [0.5, 0.6) is 0 Å². The monoisotopic (exact) mass is 621 g/mol. The van der Waals surface area contributed by atoms with E-state index >= 15 is 0 Å². The maximum Gasteiger partial charge on any atom is 0.160 e. The zero-order valence-corrected chi connectivity index (χ0v) is 26.1. The third kappa shape index (κ3) is 5.25. The standard InChI is InChI=1S/C41H27N5S/c42-38-34(46-47)24-23-33-37(38)32-18-10-17-31(40(32)45-39(33)29-13-6-2-7-14-29)26-19-21-28(22-20-26)36-25-35(27-11-4-1-5-12-27)43-41(44-36)30-15-8-3-9-16-30/h1-25,42,47H/b42-38?,46-34-. The van der Waals surface area contributed by atoms with Crippen LogP contribution in [0.3, 0.4) is 0 Å². The molecule has 0 atom stereocenters. The molecule has 2 heterocycles. The molecule has 0 saturated carbocycles. The van der Waals surface area contributed by atoms with Crippen LogP contribution in [0, 0.1) is 5.41 Å². The molecule has 6 heteroatoms. The second kappa shape index (κ2) is 12.1. The average Bonchev–Trinajstić information content (AvgIpc) is 3.15. The van der Waals surface area contributed by atoms with Gasteiger partial charge in [0.05, 0.1) is 34.0 Å². The van der Waals surface area contributed by atoms with Crippen molar-refractivity contribution in [2.24, 2.45) is 4.40 Å². The van der Waals surface area contributed by atoms with E-state index in [1.165, 1.54) is 0 Å². The number of aromatic nitrogens is 3. The Labute approximate surface area is 278 Å². The lowest BCUT2D eigenvalue weighted by molar-refractivity contribution is 1.18. The molecule has 7 aromatic rings. The molecule has 5 nitrogen and oxygen atoms in total. The summed E-state index contributed by atoms with van der Waals surface area (Å²) >= 11 is 4.15. The van der Waals surface area contributed by atoms with Crippen molar-refractivity contribution in [2.75, 3.05) is 0 Å². The Balaban J connectivity index is 1.27. The fourth-order valence-electron chi connectivity index (χ4n) is 6.13. The van der Waals surface area contributed by atoms with Gasteiger partial charge in [0.2, 0.25) is 0 Å². The number of benzene rings is 5. The van der Waals surface area contributed by atoms with Crippen LogP contribution in [0.25, 0.3) is 73.3 Å². The molecule has 0 amide bonds. The molecular weight excluding hydrogens is 595 g/mol. The summed E-state index contributed by atoms with van der Waals surface area (Å²) in [7, 11) is 0. The van der Waals surface area contributed by atoms with E-state index in [1.54, 1.807) is 0 Å². The highest BCUT2D eigenvalue weighted by atomic mass is 32.1. The van der Waals surface area contributed by atoms with Gasteiger partial charge in [0.15, 0.2) is 5.82 Å². The summed E-state index contributed by atoms with van der Waals surface area (Å²) in [5, 5.41) is 9.96. The van der Waals surface area contributed by atoms with Crippen molar-refractivity contribution in [1.29, 1.82) is 5.41 Å². The molecule has 0 saturated heterocycles. The summed E-state index contributed by atoms with van der Waals surface area (Å²) in [5.74, 6) is 0.683. The number of hydrogen-bond donors (Lipinski definition) is 2. The van der Waals surface area contributed by atoms with Crippen molar-refractivity contribution in [1.82, 2.24) is 15.0 Å². The second-order valence-corrected chi connectivity index (χ2v) is 11.5. The van der Waals surface area contributed by atoms with E-state index in [2.05, 4.69) is 71.8 Å². The molecule has 0 spiro atoms. The van der Waals surface area contributed by atoms with Crippen molar-refractivity contribution >= 4 is 41.2 Å². The summed E-state index contributed by atoms with van der Waals surface area (Å²) in [6.07, 6.45) is 3.83. The first-order chi connectivity index (χ1) is 23.2. The molecule has 0 aliphatic heterocycles. The van der Waals surface area contributed by atoms with Gasteiger partial charge in [-0.05, 0) is 36.6 Å². The maximum atomic E-state index is 9.06. The summed E-state index contributed by atoms with van der Waals surface area (Å²) in [4.78, 5) is 15.2. The zero-order chi connectivity index (χ0) is 31.7. The smallest absolute Gasteiger partial charge is 0.160 e. The largest absolute Gasteiger partial charge is 0.298 e. The van der Waals surface area contributed by atoms with Crippen LogP contribution in [0.15, 0.2) is 150 Å². The van der Waals surface area contributed by atoms with Crippen LogP contribution in [0.1, 0.15) is 11.1 Å². The van der Waals surface area contributed by atoms with Gasteiger partial charge in [0.1, 0.15) is 0 Å². The van der Waals surface area contributed by atoms with Gasteiger partial charge in [-0.2, -0.15) is 0 Å². The van der Waals surface area contributed by atoms with Crippen LogP contribution >= 0.6 is 12.8 Å². The Bertz CT molecular complexity index is 2290. The highest BCUT2D eigenvalue weighted by molar-refractivity contribution is 7.79. The number of para-hydroxylation sites is 1. The van der Waals surface area contributed by atoms with Crippen LogP contribution in [-0.2, 0) is 0 Å². The van der Waals surface area contributed by atoms with Gasteiger partial charge < -0.3 is 0 Å². The summed E-state index contributed by atoms with van der Waals surface area (Å²) in [6.45, 7) is 0. The van der Waals surface area contributed by atoms with Gasteiger partial charge in [-0.1, -0.05) is 133 Å². The Hall–Kier alpha value is -5.98. The van der Waals surface area contributed by atoms with Gasteiger partial charge in [-0.15, -0.1) is 0 Å². The van der Waals surface area contributed by atoms with Gasteiger partial charge in [-0.25, -0.2) is 19.3 Å². The molecule has 1 aliphatic carbocycles. The van der Waals surface area contributed by atoms with Crippen LogP contribution < -0.4 is 0 Å². The lowest BCUT2D eigenvalue weighted by Gasteiger charge is -2.20. The van der Waals surface area contributed by atoms with E-state index in [-0.39, 0.29) is 0 Å². The van der Waals surface area contributed by atoms with E-state index in [4.69, 9.17) is 20.4 Å². The summed E-state index contributed by atoms with van der Waals surface area (Å²) < 4.78 is 4.08. The third-order valence-corrected chi connectivity index (χ3v) is 8.66. The second-order valence-electron chi connectivity index (χ2n) is 11.3. The van der Waals surface area contributed by atoms with E-state index in [0.717, 1.165) is 72.5 Å². The SMILES string of the molecule is N=C1/C(=N\S)C=Cc2c(-c3ccccc3)nc3c(-c4ccc(-c5cc(-c6ccccc6)nc(-c6ccccc6)n5)cc4)cccc3c21. The number of nitrogens with one attached hydrogen (secondary N) is 1. The molecule has 47 heavy (non-hydrogen) atoms. The topological polar surface area (TPSA) is 74.9 Å². The zero-order valence-electron chi connectivity index (χ0n) is 25.2. The van der Waals surface area contributed by atoms with Crippen molar-refractivity contribution in [3.63, 3.8) is 0 Å². The normalized spacial score (nSPS) is 13.2. The van der Waals surface area contributed by atoms with Crippen molar-refractivity contribution in [3.05, 3.63) is 157 Å². The Morgan fingerprint density at radius 3 is 1.74 bits per heavy atom. The Kier molecular flexibility index (Phi) is 7.32. The van der Waals surface area contributed by atoms with E-state index in [1.807, 2.05) is 97.1 Å². The number of thiol groups is 1. The number of pyridine rings is 1. The first-order valence-electron chi connectivity index (χ1n) is 15.3. The molecule has 0 radical (unpaired) electrons. The Morgan fingerprint density at radius 2 is 1.11 bits per heavy atom. The lowest BCUT2D eigenvalue weighted by Crippen LogP contribution is -2.18. The lowest BCUT2D eigenvalue weighted by atomic mass is 9.87. The van der Waals surface area contributed by atoms with Gasteiger partial charge >= 0.3 is 0 Å². The van der Waals surface area contributed by atoms with Crippen LogP contribution in [-0.4, -0.2) is 26.4 Å². The molecule has 1 N–H and O–H groups in total. The number of hydrogen-bond acceptors (Lipinski definition) is 6. The molecule has 2 aromatic heterocycles. The summed E-state index contributed by atoms with van der Waals surface area (Å²) in [6, 6.07) is 47.1. The quantitative estimate of drug-likeness (QED) is 0.188. The van der Waals surface area contributed by atoms with Gasteiger partial charge in [-0.3, -0.25) is 5.41 Å². The van der Waals surface area contributed by atoms with E-state index in [9.17, 15) is 0 Å². The molecule has 0 bridgehead atoms. The number of fused-ring (bicyclic) bond motifs is 3. The highest BCUT2D eigenvalue weighted by Gasteiger charge is 2.24. The number of allylic oxidation sites excluding steroid dienone is 1. The van der Waals surface area contributed by atoms with Crippen LogP contribution in [0.4, 0.5) is 0 Å². The molecule has 0 unspecified atom stereocenters. The first-order valence-corrected chi connectivity index (χ1v) is 15.7. The number of nitrogens with zero attached hydrogens (tertiary/aromatic N) is 4. The molecule has 5 aromatic carbocycles. The average molecular weight is 622 g/mol. The minimum Gasteiger partial charge on any atom is -0.298 e. The minimum atomic E-state index is 0.335. The van der Waals surface area contributed by atoms with Gasteiger partial charge in [0, 0.05) is 44.3 Å². The van der Waals surface area contributed by atoms with E-state index in [0.29, 0.717) is 17.2 Å². The molecule has 222 valence electrons. The van der Waals surface area contributed by atoms with Crippen molar-refractivity contribution in [3.8, 4) is 56.3 Å². The van der Waals surface area contributed by atoms with Crippen LogP contribution in [0.2, 0.25) is 0 Å². The predicted molar refractivity (Wildman–Crippen MR) is 197 cm³/mol. The Morgan fingerprint density at radius 1 is 0.532 bits per heavy atom. The van der Waals surface area contributed by atoms with Crippen molar-refractivity contribution in [2.45, 2.75) is 0 Å². The molecule has 0 fully saturated rings. The maximum absolute atomic E-state index is 9.06. The fraction of sp³-hybridized carbons (Fsp3) is 0. The van der Waals surface area contributed by atoms with E-state index < -0.39 is 0 Å².